The molecular formula is C19H21Br3O. The second kappa shape index (κ2) is 9.85. The van der Waals surface area contributed by atoms with Gasteiger partial charge in [-0.2, -0.15) is 0 Å². The lowest BCUT2D eigenvalue weighted by atomic mass is 10.1. The molecule has 0 aliphatic heterocycles. The predicted molar refractivity (Wildman–Crippen MR) is 108 cm³/mol. The molecule has 0 radical (unpaired) electrons. The third kappa shape index (κ3) is 9.53. The summed E-state index contributed by atoms with van der Waals surface area (Å²) in [6.07, 6.45) is 6.96. The van der Waals surface area contributed by atoms with Gasteiger partial charge in [0.05, 0.1) is 0 Å². The Balaban J connectivity index is 0.000000140. The van der Waals surface area contributed by atoms with E-state index >= 15 is 0 Å². The van der Waals surface area contributed by atoms with Crippen molar-refractivity contribution >= 4 is 47.8 Å². The summed E-state index contributed by atoms with van der Waals surface area (Å²) in [6, 6.07) is 15.5. The van der Waals surface area contributed by atoms with E-state index in [0.717, 1.165) is 15.2 Å². The molecule has 23 heavy (non-hydrogen) atoms. The molecule has 2 aliphatic carbocycles. The molecule has 4 rings (SSSR count). The molecule has 2 saturated carbocycles. The highest BCUT2D eigenvalue weighted by Gasteiger charge is 2.21. The Morgan fingerprint density at radius 3 is 1.83 bits per heavy atom. The van der Waals surface area contributed by atoms with Crippen LogP contribution in [0, 0.1) is 5.92 Å². The minimum atomic E-state index is 0.291. The van der Waals surface area contributed by atoms with Crippen LogP contribution in [0.1, 0.15) is 31.2 Å². The van der Waals surface area contributed by atoms with Crippen molar-refractivity contribution in [3.63, 3.8) is 0 Å². The molecule has 0 bridgehead atoms. The average Bonchev–Trinajstić information content (AvgIpc) is 3.39. The lowest BCUT2D eigenvalue weighted by Crippen LogP contribution is -1.85. The topological polar surface area (TPSA) is 20.2 Å². The van der Waals surface area contributed by atoms with Gasteiger partial charge >= 0.3 is 0 Å². The fraction of sp³-hybridized carbons (Fsp3) is 0.368. The number of hydrogen-bond acceptors (Lipinski definition) is 1. The Morgan fingerprint density at radius 2 is 1.43 bits per heavy atom. The maximum absolute atomic E-state index is 8.78. The van der Waals surface area contributed by atoms with E-state index in [2.05, 4.69) is 72.1 Å². The van der Waals surface area contributed by atoms with Crippen molar-refractivity contribution in [2.75, 3.05) is 0 Å². The van der Waals surface area contributed by atoms with Gasteiger partial charge in [0.15, 0.2) is 0 Å². The lowest BCUT2D eigenvalue weighted by Gasteiger charge is -1.98. The smallest absolute Gasteiger partial charge is 0.116 e. The van der Waals surface area contributed by atoms with E-state index in [9.17, 15) is 0 Å². The summed E-state index contributed by atoms with van der Waals surface area (Å²) in [7, 11) is 0. The number of hydrogen-bond donors (Lipinski definition) is 1. The summed E-state index contributed by atoms with van der Waals surface area (Å²) < 4.78 is 2.10. The van der Waals surface area contributed by atoms with Crippen LogP contribution in [0.25, 0.3) is 0 Å². The highest BCUT2D eigenvalue weighted by atomic mass is 79.9. The van der Waals surface area contributed by atoms with Crippen LogP contribution in [0.3, 0.4) is 0 Å². The molecule has 0 spiro atoms. The number of alkyl halides is 1. The van der Waals surface area contributed by atoms with E-state index < -0.39 is 0 Å². The van der Waals surface area contributed by atoms with Gasteiger partial charge in [0.1, 0.15) is 5.75 Å². The molecule has 124 valence electrons. The van der Waals surface area contributed by atoms with Crippen molar-refractivity contribution in [1.82, 2.24) is 0 Å². The van der Waals surface area contributed by atoms with E-state index in [1.807, 2.05) is 6.07 Å². The van der Waals surface area contributed by atoms with E-state index in [0.29, 0.717) is 5.75 Å². The number of halogens is 3. The van der Waals surface area contributed by atoms with Crippen LogP contribution in [0.15, 0.2) is 57.5 Å². The van der Waals surface area contributed by atoms with Gasteiger partial charge in [0.25, 0.3) is 0 Å². The van der Waals surface area contributed by atoms with Crippen LogP contribution in [-0.2, 0) is 6.42 Å². The molecule has 1 N–H and O–H groups in total. The highest BCUT2D eigenvalue weighted by Crippen LogP contribution is 2.32. The van der Waals surface area contributed by atoms with Crippen molar-refractivity contribution in [3.05, 3.63) is 63.0 Å². The molecule has 0 heterocycles. The molecule has 2 aromatic rings. The molecule has 4 heteroatoms. The molecular weight excluding hydrogens is 484 g/mol. The number of benzene rings is 2. The van der Waals surface area contributed by atoms with Crippen LogP contribution < -0.4 is 0 Å². The average molecular weight is 505 g/mol. The van der Waals surface area contributed by atoms with E-state index in [1.54, 1.807) is 18.2 Å². The minimum Gasteiger partial charge on any atom is -0.508 e. The van der Waals surface area contributed by atoms with Gasteiger partial charge in [-0.3, -0.25) is 0 Å². The van der Waals surface area contributed by atoms with E-state index in [-0.39, 0.29) is 0 Å². The van der Waals surface area contributed by atoms with Gasteiger partial charge in [0.2, 0.25) is 0 Å². The maximum atomic E-state index is 8.78. The van der Waals surface area contributed by atoms with Crippen molar-refractivity contribution < 1.29 is 5.11 Å². The summed E-state index contributed by atoms with van der Waals surface area (Å²) in [6.45, 7) is 0. The van der Waals surface area contributed by atoms with Crippen LogP contribution in [0.2, 0.25) is 0 Å². The molecule has 0 aromatic heterocycles. The lowest BCUT2D eigenvalue weighted by molar-refractivity contribution is 0.475. The zero-order chi connectivity index (χ0) is 16.7. The quantitative estimate of drug-likeness (QED) is 0.432. The van der Waals surface area contributed by atoms with Gasteiger partial charge in [-0.1, -0.05) is 66.0 Å². The number of aromatic hydroxyl groups is 1. The molecule has 2 aromatic carbocycles. The van der Waals surface area contributed by atoms with Gasteiger partial charge in [0, 0.05) is 13.8 Å². The van der Waals surface area contributed by atoms with Gasteiger partial charge in [-0.15, -0.1) is 0 Å². The number of rotatable bonds is 2. The molecule has 2 aliphatic rings. The fourth-order valence-electron chi connectivity index (χ4n) is 1.86. The van der Waals surface area contributed by atoms with Crippen LogP contribution in [0.5, 0.6) is 5.75 Å². The summed E-state index contributed by atoms with van der Waals surface area (Å²) in [5.74, 6) is 1.28. The van der Waals surface area contributed by atoms with Crippen LogP contribution in [-0.4, -0.2) is 9.93 Å². The Hall–Kier alpha value is -0.320. The molecule has 2 fully saturated rings. The number of phenolic OH excluding ortho intramolecular Hbond substituents is 1. The zero-order valence-corrected chi connectivity index (χ0v) is 17.6. The van der Waals surface area contributed by atoms with E-state index in [4.69, 9.17) is 5.11 Å². The SMILES string of the molecule is BrC1CC1.Brc1cccc(CC2CC2)c1.Oc1cccc(Br)c1. The Kier molecular flexibility index (Phi) is 8.14. The Morgan fingerprint density at radius 1 is 0.870 bits per heavy atom. The second-order valence-corrected chi connectivity index (χ2v) is 9.06. The standard InChI is InChI=1S/C10H11Br.C6H5BrO.C3H5Br/c11-10-3-1-2-9(7-10)6-8-4-5-8;7-5-2-1-3-6(8)4-5;4-3-1-2-3/h1-3,7-8H,4-6H2;1-4,8H;3H,1-2H2. The minimum absolute atomic E-state index is 0.291. The first kappa shape index (κ1) is 19.0. The summed E-state index contributed by atoms with van der Waals surface area (Å²) in [5, 5.41) is 8.78. The van der Waals surface area contributed by atoms with Crippen molar-refractivity contribution in [3.8, 4) is 5.75 Å². The molecule has 0 saturated heterocycles. The first-order chi connectivity index (χ1) is 11.0. The zero-order valence-electron chi connectivity index (χ0n) is 12.9. The van der Waals surface area contributed by atoms with Crippen LogP contribution >= 0.6 is 47.8 Å². The van der Waals surface area contributed by atoms with Crippen molar-refractivity contribution in [2.24, 2.45) is 5.92 Å². The third-order valence-electron chi connectivity index (χ3n) is 3.43. The fourth-order valence-corrected chi connectivity index (χ4v) is 2.96. The maximum Gasteiger partial charge on any atom is 0.116 e. The van der Waals surface area contributed by atoms with Crippen molar-refractivity contribution in [1.29, 1.82) is 0 Å². The molecule has 1 nitrogen and oxygen atoms in total. The first-order valence-corrected chi connectivity index (χ1v) is 10.4. The predicted octanol–water partition coefficient (Wildman–Crippen LogP) is 7.10. The largest absolute Gasteiger partial charge is 0.508 e. The van der Waals surface area contributed by atoms with Crippen LogP contribution in [0.4, 0.5) is 0 Å². The molecule has 0 amide bonds. The molecule has 0 unspecified atom stereocenters. The normalized spacial score (nSPS) is 15.8. The summed E-state index contributed by atoms with van der Waals surface area (Å²) in [5.41, 5.74) is 1.47. The highest BCUT2D eigenvalue weighted by molar-refractivity contribution is 9.10. The third-order valence-corrected chi connectivity index (χ3v) is 5.33. The Bertz CT molecular complexity index is 590. The monoisotopic (exact) mass is 502 g/mol. The molecule has 0 atom stereocenters. The first-order valence-electron chi connectivity index (χ1n) is 7.86. The number of phenols is 1. The summed E-state index contributed by atoms with van der Waals surface area (Å²) in [4.78, 5) is 0.896. The Labute approximate surface area is 163 Å². The second-order valence-electron chi connectivity index (χ2n) is 5.93. The van der Waals surface area contributed by atoms with Gasteiger partial charge in [-0.05, 0) is 73.9 Å². The van der Waals surface area contributed by atoms with Gasteiger partial charge < -0.3 is 5.11 Å². The summed E-state index contributed by atoms with van der Waals surface area (Å²) >= 11 is 10.1. The van der Waals surface area contributed by atoms with Crippen molar-refractivity contribution in [2.45, 2.75) is 36.9 Å². The van der Waals surface area contributed by atoms with Gasteiger partial charge in [-0.25, -0.2) is 0 Å². The van der Waals surface area contributed by atoms with E-state index in [1.165, 1.54) is 42.1 Å².